The SMILES string of the molecule is O=C(CCc1cc(F)cc([N+](=O)[O-])c1)c1ccccc1. The minimum Gasteiger partial charge on any atom is -0.294 e. The third-order valence-electron chi connectivity index (χ3n) is 2.89. The predicted octanol–water partition coefficient (Wildman–Crippen LogP) is 3.55. The van der Waals surface area contributed by atoms with Crippen LogP contribution in [0.5, 0.6) is 0 Å². The number of non-ortho nitro benzene ring substituents is 1. The number of nitrogens with zero attached hydrogens (tertiary/aromatic N) is 1. The van der Waals surface area contributed by atoms with Gasteiger partial charge in [-0.2, -0.15) is 0 Å². The van der Waals surface area contributed by atoms with Gasteiger partial charge in [0.25, 0.3) is 5.69 Å². The molecule has 2 aromatic carbocycles. The summed E-state index contributed by atoms with van der Waals surface area (Å²) in [6.07, 6.45) is 0.455. The van der Waals surface area contributed by atoms with Crippen molar-refractivity contribution in [1.29, 1.82) is 0 Å². The zero-order valence-electron chi connectivity index (χ0n) is 10.6. The molecular formula is C15H12FNO3. The summed E-state index contributed by atoms with van der Waals surface area (Å²) in [5.74, 6) is -0.737. The van der Waals surface area contributed by atoms with Crippen molar-refractivity contribution in [2.24, 2.45) is 0 Å². The normalized spacial score (nSPS) is 10.2. The monoisotopic (exact) mass is 273 g/mol. The maximum atomic E-state index is 13.2. The van der Waals surface area contributed by atoms with Gasteiger partial charge in [0, 0.05) is 18.1 Å². The molecule has 0 saturated heterocycles. The zero-order valence-corrected chi connectivity index (χ0v) is 10.6. The van der Waals surface area contributed by atoms with E-state index >= 15 is 0 Å². The van der Waals surface area contributed by atoms with Crippen molar-refractivity contribution in [3.8, 4) is 0 Å². The number of hydrogen-bond donors (Lipinski definition) is 0. The molecule has 5 heteroatoms. The highest BCUT2D eigenvalue weighted by molar-refractivity contribution is 5.96. The summed E-state index contributed by atoms with van der Waals surface area (Å²) in [6.45, 7) is 0. The zero-order chi connectivity index (χ0) is 14.5. The highest BCUT2D eigenvalue weighted by Gasteiger charge is 2.11. The van der Waals surface area contributed by atoms with Crippen LogP contribution in [0, 0.1) is 15.9 Å². The van der Waals surface area contributed by atoms with Crippen LogP contribution in [0.1, 0.15) is 22.3 Å². The first kappa shape index (κ1) is 13.9. The number of rotatable bonds is 5. The number of nitro benzene ring substituents is 1. The van der Waals surface area contributed by atoms with Crippen LogP contribution >= 0.6 is 0 Å². The number of benzene rings is 2. The molecule has 0 amide bonds. The third-order valence-corrected chi connectivity index (χ3v) is 2.89. The highest BCUT2D eigenvalue weighted by Crippen LogP contribution is 2.18. The van der Waals surface area contributed by atoms with Gasteiger partial charge in [-0.15, -0.1) is 0 Å². The Morgan fingerprint density at radius 3 is 2.50 bits per heavy atom. The second kappa shape index (κ2) is 6.06. The number of Topliss-reactive ketones (excluding diaryl/α,β-unsaturated/α-hetero) is 1. The van der Waals surface area contributed by atoms with E-state index in [9.17, 15) is 19.3 Å². The molecule has 20 heavy (non-hydrogen) atoms. The van der Waals surface area contributed by atoms with Crippen molar-refractivity contribution < 1.29 is 14.1 Å². The Morgan fingerprint density at radius 1 is 1.15 bits per heavy atom. The summed E-state index contributed by atoms with van der Waals surface area (Å²) in [6, 6.07) is 12.1. The Balaban J connectivity index is 2.08. The van der Waals surface area contributed by atoms with Crippen molar-refractivity contribution in [3.05, 3.63) is 75.6 Å². The molecule has 4 nitrogen and oxygen atoms in total. The first-order valence-corrected chi connectivity index (χ1v) is 6.08. The summed E-state index contributed by atoms with van der Waals surface area (Å²) in [5, 5.41) is 10.6. The maximum Gasteiger partial charge on any atom is 0.272 e. The quantitative estimate of drug-likeness (QED) is 0.475. The molecule has 0 atom stereocenters. The standard InChI is InChI=1S/C15H12FNO3/c16-13-8-11(9-14(10-13)17(19)20)6-7-15(18)12-4-2-1-3-5-12/h1-5,8-10H,6-7H2. The van der Waals surface area contributed by atoms with E-state index < -0.39 is 10.7 Å². The Labute approximate surface area is 115 Å². The number of ketones is 1. The lowest BCUT2D eigenvalue weighted by Gasteiger charge is -2.02. The van der Waals surface area contributed by atoms with Crippen LogP contribution < -0.4 is 0 Å². The lowest BCUT2D eigenvalue weighted by Crippen LogP contribution is -2.01. The van der Waals surface area contributed by atoms with Crippen LogP contribution in [0.25, 0.3) is 0 Å². The van der Waals surface area contributed by atoms with Crippen molar-refractivity contribution in [2.45, 2.75) is 12.8 Å². The van der Waals surface area contributed by atoms with E-state index in [0.29, 0.717) is 11.1 Å². The Kier molecular flexibility index (Phi) is 4.20. The first-order valence-electron chi connectivity index (χ1n) is 6.08. The van der Waals surface area contributed by atoms with Crippen molar-refractivity contribution in [1.82, 2.24) is 0 Å². The van der Waals surface area contributed by atoms with E-state index in [2.05, 4.69) is 0 Å². The van der Waals surface area contributed by atoms with Gasteiger partial charge in [-0.1, -0.05) is 30.3 Å². The average molecular weight is 273 g/mol. The van der Waals surface area contributed by atoms with Gasteiger partial charge in [0.05, 0.1) is 11.0 Å². The van der Waals surface area contributed by atoms with Crippen LogP contribution in [-0.4, -0.2) is 10.7 Å². The second-order valence-electron chi connectivity index (χ2n) is 4.36. The van der Waals surface area contributed by atoms with Crippen LogP contribution in [0.4, 0.5) is 10.1 Å². The molecule has 0 fully saturated rings. The van der Waals surface area contributed by atoms with Gasteiger partial charge in [0.1, 0.15) is 5.82 Å². The lowest BCUT2D eigenvalue weighted by molar-refractivity contribution is -0.385. The van der Waals surface area contributed by atoms with E-state index in [-0.39, 0.29) is 24.3 Å². The minimum atomic E-state index is -0.665. The molecule has 0 N–H and O–H groups in total. The fourth-order valence-electron chi connectivity index (χ4n) is 1.91. The Hall–Kier alpha value is -2.56. The molecule has 0 unspecified atom stereocenters. The Morgan fingerprint density at radius 2 is 1.85 bits per heavy atom. The summed E-state index contributed by atoms with van der Waals surface area (Å²) < 4.78 is 13.2. The van der Waals surface area contributed by atoms with Crippen LogP contribution in [-0.2, 0) is 6.42 Å². The molecule has 2 rings (SSSR count). The highest BCUT2D eigenvalue weighted by atomic mass is 19.1. The number of hydrogen-bond acceptors (Lipinski definition) is 3. The molecule has 0 aliphatic rings. The topological polar surface area (TPSA) is 60.2 Å². The average Bonchev–Trinajstić information content (AvgIpc) is 2.45. The van der Waals surface area contributed by atoms with E-state index in [1.807, 2.05) is 6.07 Å². The lowest BCUT2D eigenvalue weighted by atomic mass is 10.0. The summed E-state index contributed by atoms with van der Waals surface area (Å²) >= 11 is 0. The number of nitro groups is 1. The first-order chi connectivity index (χ1) is 9.56. The number of carbonyl (C=O) groups excluding carboxylic acids is 1. The number of aryl methyl sites for hydroxylation is 1. The molecule has 0 aliphatic carbocycles. The fourth-order valence-corrected chi connectivity index (χ4v) is 1.91. The van der Waals surface area contributed by atoms with Gasteiger partial charge in [0.2, 0.25) is 0 Å². The molecule has 0 spiro atoms. The number of halogens is 1. The minimum absolute atomic E-state index is 0.0717. The molecule has 0 bridgehead atoms. The summed E-state index contributed by atoms with van der Waals surface area (Å²) in [5.41, 5.74) is 0.728. The molecule has 0 heterocycles. The van der Waals surface area contributed by atoms with Crippen molar-refractivity contribution >= 4 is 11.5 Å². The maximum absolute atomic E-state index is 13.2. The molecule has 0 aliphatic heterocycles. The van der Waals surface area contributed by atoms with E-state index in [1.165, 1.54) is 12.1 Å². The van der Waals surface area contributed by atoms with E-state index in [1.54, 1.807) is 24.3 Å². The van der Waals surface area contributed by atoms with Crippen molar-refractivity contribution in [2.75, 3.05) is 0 Å². The smallest absolute Gasteiger partial charge is 0.272 e. The van der Waals surface area contributed by atoms with Gasteiger partial charge >= 0.3 is 0 Å². The number of carbonyl (C=O) groups is 1. The predicted molar refractivity (Wildman–Crippen MR) is 72.1 cm³/mol. The largest absolute Gasteiger partial charge is 0.294 e. The molecule has 0 saturated carbocycles. The summed E-state index contributed by atoms with van der Waals surface area (Å²) in [7, 11) is 0. The molecule has 0 aromatic heterocycles. The van der Waals surface area contributed by atoms with Crippen LogP contribution in [0.15, 0.2) is 48.5 Å². The fraction of sp³-hybridized carbons (Fsp3) is 0.133. The van der Waals surface area contributed by atoms with Gasteiger partial charge in [-0.25, -0.2) is 4.39 Å². The van der Waals surface area contributed by atoms with E-state index in [0.717, 1.165) is 6.07 Å². The van der Waals surface area contributed by atoms with Crippen LogP contribution in [0.2, 0.25) is 0 Å². The molecular weight excluding hydrogens is 261 g/mol. The van der Waals surface area contributed by atoms with E-state index in [4.69, 9.17) is 0 Å². The van der Waals surface area contributed by atoms with Crippen LogP contribution in [0.3, 0.4) is 0 Å². The Bertz CT molecular complexity index is 641. The van der Waals surface area contributed by atoms with Crippen molar-refractivity contribution in [3.63, 3.8) is 0 Å². The van der Waals surface area contributed by atoms with Gasteiger partial charge in [0.15, 0.2) is 5.78 Å². The summed E-state index contributed by atoms with van der Waals surface area (Å²) in [4.78, 5) is 21.9. The third kappa shape index (κ3) is 3.47. The molecule has 102 valence electrons. The van der Waals surface area contributed by atoms with Gasteiger partial charge < -0.3 is 0 Å². The van der Waals surface area contributed by atoms with Gasteiger partial charge in [-0.3, -0.25) is 14.9 Å². The van der Waals surface area contributed by atoms with Gasteiger partial charge in [-0.05, 0) is 18.1 Å². The molecule has 2 aromatic rings. The molecule has 0 radical (unpaired) electrons. The second-order valence-corrected chi connectivity index (χ2v) is 4.36.